The Balaban J connectivity index is 2.02. The van der Waals surface area contributed by atoms with Crippen LogP contribution in [0.2, 0.25) is 0 Å². The van der Waals surface area contributed by atoms with Crippen molar-refractivity contribution in [3.8, 4) is 0 Å². The average Bonchev–Trinajstić information content (AvgIpc) is 2.59. The monoisotopic (exact) mass is 344 g/mol. The molecule has 0 saturated carbocycles. The predicted octanol–water partition coefficient (Wildman–Crippen LogP) is 3.24. The fourth-order valence-corrected chi connectivity index (χ4v) is 2.83. The first kappa shape index (κ1) is 17.7. The number of nitrogens with one attached hydrogen (secondary N) is 2. The third-order valence-corrected chi connectivity index (χ3v) is 4.20. The number of carbonyl (C=O) groups is 1. The van der Waals surface area contributed by atoms with E-state index in [9.17, 15) is 13.2 Å². The molecule has 0 aliphatic heterocycles. The molecule has 0 aromatic heterocycles. The van der Waals surface area contributed by atoms with Crippen molar-refractivity contribution in [3.63, 3.8) is 0 Å². The van der Waals surface area contributed by atoms with Crippen LogP contribution in [0, 0.1) is 0 Å². The second-order valence-electron chi connectivity index (χ2n) is 5.19. The van der Waals surface area contributed by atoms with Gasteiger partial charge in [0.1, 0.15) is 0 Å². The molecule has 0 radical (unpaired) electrons. The van der Waals surface area contributed by atoms with E-state index in [2.05, 4.69) is 10.0 Å². The Bertz CT molecular complexity index is 798. The van der Waals surface area contributed by atoms with Gasteiger partial charge in [-0.05, 0) is 42.3 Å². The Morgan fingerprint density at radius 1 is 1.04 bits per heavy atom. The number of hydrogen-bond acceptors (Lipinski definition) is 3. The van der Waals surface area contributed by atoms with Crippen LogP contribution in [0.5, 0.6) is 0 Å². The van der Waals surface area contributed by atoms with E-state index in [-0.39, 0.29) is 5.91 Å². The van der Waals surface area contributed by atoms with Crippen LogP contribution in [-0.4, -0.2) is 20.9 Å². The van der Waals surface area contributed by atoms with Crippen LogP contribution in [0.25, 0.3) is 6.08 Å². The van der Waals surface area contributed by atoms with Crippen LogP contribution < -0.4 is 10.0 Å². The summed E-state index contributed by atoms with van der Waals surface area (Å²) < 4.78 is 26.6. The third-order valence-electron chi connectivity index (χ3n) is 3.18. The fraction of sp³-hybridized carbons (Fsp3) is 0.167. The number of hydrogen-bond donors (Lipinski definition) is 2. The third kappa shape index (κ3) is 5.55. The summed E-state index contributed by atoms with van der Waals surface area (Å²) in [6.07, 6.45) is 2.38. The first-order valence-electron chi connectivity index (χ1n) is 7.64. The SMILES string of the molecule is CCCNC(=O)c1ccc(NS(=O)(=O)/C=C/c2ccccc2)cc1. The minimum Gasteiger partial charge on any atom is -0.352 e. The summed E-state index contributed by atoms with van der Waals surface area (Å²) in [5.41, 5.74) is 1.69. The van der Waals surface area contributed by atoms with Crippen LogP contribution >= 0.6 is 0 Å². The lowest BCUT2D eigenvalue weighted by atomic mass is 10.2. The first-order valence-corrected chi connectivity index (χ1v) is 9.19. The highest BCUT2D eigenvalue weighted by Crippen LogP contribution is 2.13. The molecule has 0 aliphatic rings. The van der Waals surface area contributed by atoms with Crippen molar-refractivity contribution in [2.45, 2.75) is 13.3 Å². The van der Waals surface area contributed by atoms with Crippen LogP contribution in [-0.2, 0) is 10.0 Å². The summed E-state index contributed by atoms with van der Waals surface area (Å²) in [4.78, 5) is 11.8. The number of rotatable bonds is 7. The summed E-state index contributed by atoms with van der Waals surface area (Å²) >= 11 is 0. The van der Waals surface area contributed by atoms with E-state index in [1.54, 1.807) is 24.3 Å². The molecule has 1 amide bonds. The normalized spacial score (nSPS) is 11.4. The topological polar surface area (TPSA) is 75.3 Å². The molecule has 2 aromatic rings. The number of carbonyl (C=O) groups excluding carboxylic acids is 1. The molecule has 2 aromatic carbocycles. The van der Waals surface area contributed by atoms with E-state index < -0.39 is 10.0 Å². The van der Waals surface area contributed by atoms with Crippen molar-refractivity contribution in [1.82, 2.24) is 5.32 Å². The zero-order valence-electron chi connectivity index (χ0n) is 13.4. The van der Waals surface area contributed by atoms with Gasteiger partial charge >= 0.3 is 0 Å². The highest BCUT2D eigenvalue weighted by atomic mass is 32.2. The summed E-state index contributed by atoms with van der Waals surface area (Å²) in [5.74, 6) is -0.171. The largest absolute Gasteiger partial charge is 0.352 e. The summed E-state index contributed by atoms with van der Waals surface area (Å²) in [7, 11) is -3.61. The van der Waals surface area contributed by atoms with E-state index in [0.29, 0.717) is 17.8 Å². The molecule has 0 atom stereocenters. The van der Waals surface area contributed by atoms with Crippen LogP contribution in [0.15, 0.2) is 60.0 Å². The molecule has 0 aliphatic carbocycles. The van der Waals surface area contributed by atoms with Gasteiger partial charge in [-0.25, -0.2) is 8.42 Å². The summed E-state index contributed by atoms with van der Waals surface area (Å²) in [5, 5.41) is 3.88. The van der Waals surface area contributed by atoms with Crippen molar-refractivity contribution in [1.29, 1.82) is 0 Å². The van der Waals surface area contributed by atoms with Crippen molar-refractivity contribution < 1.29 is 13.2 Å². The second-order valence-corrected chi connectivity index (χ2v) is 6.76. The Morgan fingerprint density at radius 2 is 1.71 bits per heavy atom. The quantitative estimate of drug-likeness (QED) is 0.810. The number of sulfonamides is 1. The van der Waals surface area contributed by atoms with Crippen molar-refractivity contribution in [3.05, 3.63) is 71.1 Å². The van der Waals surface area contributed by atoms with Gasteiger partial charge < -0.3 is 5.32 Å². The molecule has 0 unspecified atom stereocenters. The van der Waals surface area contributed by atoms with Gasteiger partial charge in [0.05, 0.1) is 5.41 Å². The number of amides is 1. The van der Waals surface area contributed by atoms with E-state index in [1.165, 1.54) is 6.08 Å². The molecule has 0 fully saturated rings. The average molecular weight is 344 g/mol. The molecule has 6 heteroatoms. The summed E-state index contributed by atoms with van der Waals surface area (Å²) in [6.45, 7) is 2.58. The van der Waals surface area contributed by atoms with Crippen molar-refractivity contribution in [2.24, 2.45) is 0 Å². The van der Waals surface area contributed by atoms with Crippen molar-refractivity contribution >= 4 is 27.7 Å². The second kappa shape index (κ2) is 8.31. The minimum absolute atomic E-state index is 0.171. The molecule has 0 heterocycles. The van der Waals surface area contributed by atoms with Crippen LogP contribution in [0.3, 0.4) is 0 Å². The van der Waals surface area contributed by atoms with Gasteiger partial charge in [0.2, 0.25) is 0 Å². The lowest BCUT2D eigenvalue weighted by molar-refractivity contribution is 0.0953. The van der Waals surface area contributed by atoms with Gasteiger partial charge in [-0.15, -0.1) is 0 Å². The molecule has 24 heavy (non-hydrogen) atoms. The maximum absolute atomic E-state index is 12.1. The fourth-order valence-electron chi connectivity index (χ4n) is 1.96. The van der Waals surface area contributed by atoms with E-state index in [4.69, 9.17) is 0 Å². The minimum atomic E-state index is -3.61. The Labute approximate surface area is 142 Å². The van der Waals surface area contributed by atoms with Crippen LogP contribution in [0.1, 0.15) is 29.3 Å². The number of anilines is 1. The lowest BCUT2D eigenvalue weighted by Gasteiger charge is -2.06. The predicted molar refractivity (Wildman–Crippen MR) is 97.1 cm³/mol. The van der Waals surface area contributed by atoms with Gasteiger partial charge in [-0.2, -0.15) is 0 Å². The highest BCUT2D eigenvalue weighted by Gasteiger charge is 2.08. The molecular formula is C18H20N2O3S. The van der Waals surface area contributed by atoms with Crippen LogP contribution in [0.4, 0.5) is 5.69 Å². The molecule has 2 rings (SSSR count). The maximum atomic E-state index is 12.1. The summed E-state index contributed by atoms with van der Waals surface area (Å²) in [6, 6.07) is 15.5. The zero-order chi connectivity index (χ0) is 17.4. The molecule has 5 nitrogen and oxygen atoms in total. The smallest absolute Gasteiger partial charge is 0.255 e. The van der Waals surface area contributed by atoms with Gasteiger partial charge in [0, 0.05) is 17.8 Å². The zero-order valence-corrected chi connectivity index (χ0v) is 14.2. The first-order chi connectivity index (χ1) is 11.5. The maximum Gasteiger partial charge on any atom is 0.255 e. The van der Waals surface area contributed by atoms with E-state index in [0.717, 1.165) is 17.4 Å². The van der Waals surface area contributed by atoms with Gasteiger partial charge in [0.25, 0.3) is 15.9 Å². The lowest BCUT2D eigenvalue weighted by Crippen LogP contribution is -2.23. The molecule has 126 valence electrons. The molecular weight excluding hydrogens is 324 g/mol. The Morgan fingerprint density at radius 3 is 2.33 bits per heavy atom. The molecule has 0 spiro atoms. The van der Waals surface area contributed by atoms with Gasteiger partial charge in [-0.3, -0.25) is 9.52 Å². The molecule has 2 N–H and O–H groups in total. The Kier molecular flexibility index (Phi) is 6.14. The highest BCUT2D eigenvalue weighted by molar-refractivity contribution is 7.95. The molecule has 0 saturated heterocycles. The van der Waals surface area contributed by atoms with Gasteiger partial charge in [-0.1, -0.05) is 37.3 Å². The van der Waals surface area contributed by atoms with Gasteiger partial charge in [0.15, 0.2) is 0 Å². The Hall–Kier alpha value is -2.60. The molecule has 0 bridgehead atoms. The van der Waals surface area contributed by atoms with E-state index >= 15 is 0 Å². The van der Waals surface area contributed by atoms with E-state index in [1.807, 2.05) is 37.3 Å². The number of benzene rings is 2. The van der Waals surface area contributed by atoms with Crippen molar-refractivity contribution in [2.75, 3.05) is 11.3 Å². The standard InChI is InChI=1S/C18H20N2O3S/c1-2-13-19-18(21)16-8-10-17(11-9-16)20-24(22,23)14-12-15-6-4-3-5-7-15/h3-12,14,20H,2,13H2,1H3,(H,19,21)/b14-12+.